The number of furan rings is 1. The Morgan fingerprint density at radius 3 is 2.96 bits per heavy atom. The number of hydrogen-bond acceptors (Lipinski definition) is 5. The number of aryl methyl sites for hydroxylation is 1. The van der Waals surface area contributed by atoms with Crippen LogP contribution in [0.2, 0.25) is 0 Å². The van der Waals surface area contributed by atoms with Gasteiger partial charge in [-0.25, -0.2) is 4.98 Å². The first-order valence-corrected chi connectivity index (χ1v) is 7.51. The van der Waals surface area contributed by atoms with Crippen LogP contribution < -0.4 is 5.32 Å². The Morgan fingerprint density at radius 2 is 2.26 bits per heavy atom. The number of nitrogens with zero attached hydrogens (tertiary/aromatic N) is 3. The van der Waals surface area contributed by atoms with Gasteiger partial charge in [-0.15, -0.1) is 0 Å². The van der Waals surface area contributed by atoms with Crippen LogP contribution in [0.25, 0.3) is 0 Å². The van der Waals surface area contributed by atoms with E-state index in [4.69, 9.17) is 4.42 Å². The molecule has 2 fully saturated rings. The lowest BCUT2D eigenvalue weighted by atomic mass is 10.2. The van der Waals surface area contributed by atoms with Crippen molar-refractivity contribution in [3.8, 4) is 0 Å². The van der Waals surface area contributed by atoms with Gasteiger partial charge in [0.25, 0.3) is 11.8 Å². The summed E-state index contributed by atoms with van der Waals surface area (Å²) in [5, 5.41) is 3.03. The van der Waals surface area contributed by atoms with Gasteiger partial charge in [0.1, 0.15) is 5.69 Å². The van der Waals surface area contributed by atoms with Gasteiger partial charge >= 0.3 is 0 Å². The monoisotopic (exact) mass is 312 g/mol. The Morgan fingerprint density at radius 1 is 1.39 bits per heavy atom. The maximum Gasteiger partial charge on any atom is 0.289 e. The molecule has 0 spiro atoms. The molecule has 1 saturated carbocycles. The maximum atomic E-state index is 12.3. The highest BCUT2D eigenvalue weighted by Crippen LogP contribution is 2.49. The number of nitrogens with one attached hydrogen (secondary N) is 1. The number of likely N-dealkylation sites (tertiary alicyclic amines) is 1. The third-order valence-electron chi connectivity index (χ3n) is 4.54. The Bertz CT molecular complexity index is 756. The minimum absolute atomic E-state index is 0.133. The second kappa shape index (κ2) is 4.91. The number of fused-ring (bicyclic) bond motifs is 1. The number of hydrogen-bond donors (Lipinski definition) is 1. The SMILES string of the molecule is Cc1cnc(C(=O)N[C@]23C[C@H]2CN(C(=O)c2ccco2)C3)cn1. The van der Waals surface area contributed by atoms with E-state index in [2.05, 4.69) is 15.3 Å². The Balaban J connectivity index is 1.44. The molecule has 2 aromatic heterocycles. The lowest BCUT2D eigenvalue weighted by Crippen LogP contribution is -2.43. The summed E-state index contributed by atoms with van der Waals surface area (Å²) < 4.78 is 5.16. The van der Waals surface area contributed by atoms with Crippen molar-refractivity contribution in [2.24, 2.45) is 5.92 Å². The summed E-state index contributed by atoms with van der Waals surface area (Å²) >= 11 is 0. The van der Waals surface area contributed by atoms with Crippen molar-refractivity contribution in [3.05, 3.63) is 47.9 Å². The van der Waals surface area contributed by atoms with E-state index in [1.807, 2.05) is 6.92 Å². The van der Waals surface area contributed by atoms with Gasteiger partial charge in [-0.05, 0) is 25.5 Å². The van der Waals surface area contributed by atoms with Gasteiger partial charge in [0.15, 0.2) is 5.76 Å². The molecule has 2 aromatic rings. The lowest BCUT2D eigenvalue weighted by molar-refractivity contribution is 0.0729. The lowest BCUT2D eigenvalue weighted by Gasteiger charge is -2.20. The normalized spacial score (nSPS) is 25.1. The summed E-state index contributed by atoms with van der Waals surface area (Å²) in [5.41, 5.74) is 0.734. The van der Waals surface area contributed by atoms with Gasteiger partial charge in [-0.3, -0.25) is 14.6 Å². The molecule has 2 amide bonds. The average molecular weight is 312 g/mol. The Kier molecular flexibility index (Phi) is 2.97. The van der Waals surface area contributed by atoms with Crippen molar-refractivity contribution in [1.29, 1.82) is 0 Å². The maximum absolute atomic E-state index is 12.3. The summed E-state index contributed by atoms with van der Waals surface area (Å²) in [6.45, 7) is 2.96. The standard InChI is InChI=1S/C16H16N4O3/c1-10-6-18-12(7-17-10)14(21)19-16-5-11(16)8-20(9-16)15(22)13-3-2-4-23-13/h2-4,6-7,11H,5,8-9H2,1H3,(H,19,21)/t11-,16-/m0/s1. The first-order chi connectivity index (χ1) is 11.1. The largest absolute Gasteiger partial charge is 0.459 e. The minimum atomic E-state index is -0.327. The molecule has 0 unspecified atom stereocenters. The van der Waals surface area contributed by atoms with E-state index in [0.29, 0.717) is 30.5 Å². The van der Waals surface area contributed by atoms with E-state index in [1.165, 1.54) is 12.5 Å². The highest BCUT2D eigenvalue weighted by Gasteiger charge is 2.62. The highest BCUT2D eigenvalue weighted by atomic mass is 16.3. The van der Waals surface area contributed by atoms with Crippen LogP contribution in [0.1, 0.15) is 33.2 Å². The van der Waals surface area contributed by atoms with Crippen LogP contribution >= 0.6 is 0 Å². The Labute approximate surface area is 132 Å². The predicted octanol–water partition coefficient (Wildman–Crippen LogP) is 1.02. The molecule has 1 saturated heterocycles. The molecular weight excluding hydrogens is 296 g/mol. The molecular formula is C16H16N4O3. The summed E-state index contributed by atoms with van der Waals surface area (Å²) in [6.07, 6.45) is 5.41. The van der Waals surface area contributed by atoms with Crippen molar-refractivity contribution in [2.45, 2.75) is 18.9 Å². The van der Waals surface area contributed by atoms with Crippen molar-refractivity contribution in [2.75, 3.05) is 13.1 Å². The zero-order valence-corrected chi connectivity index (χ0v) is 12.7. The second-order valence-corrected chi connectivity index (χ2v) is 6.22. The third kappa shape index (κ3) is 2.38. The smallest absolute Gasteiger partial charge is 0.289 e. The fraction of sp³-hybridized carbons (Fsp3) is 0.375. The van der Waals surface area contributed by atoms with Gasteiger partial charge in [0, 0.05) is 25.2 Å². The number of amides is 2. The van der Waals surface area contributed by atoms with Crippen molar-refractivity contribution >= 4 is 11.8 Å². The third-order valence-corrected chi connectivity index (χ3v) is 4.54. The number of piperidine rings is 1. The van der Waals surface area contributed by atoms with E-state index in [1.54, 1.807) is 23.2 Å². The van der Waals surface area contributed by atoms with Crippen molar-refractivity contribution < 1.29 is 14.0 Å². The summed E-state index contributed by atoms with van der Waals surface area (Å²) in [7, 11) is 0. The molecule has 3 heterocycles. The van der Waals surface area contributed by atoms with Crippen LogP contribution in [0.3, 0.4) is 0 Å². The first kappa shape index (κ1) is 13.9. The number of carbonyl (C=O) groups excluding carboxylic acids is 2. The molecule has 7 heteroatoms. The molecule has 118 valence electrons. The summed E-state index contributed by atoms with van der Waals surface area (Å²) in [6, 6.07) is 3.34. The van der Waals surface area contributed by atoms with E-state index in [9.17, 15) is 9.59 Å². The quantitative estimate of drug-likeness (QED) is 0.914. The van der Waals surface area contributed by atoms with Crippen LogP contribution in [0.5, 0.6) is 0 Å². The van der Waals surface area contributed by atoms with Gasteiger partial charge in [0.2, 0.25) is 0 Å². The summed E-state index contributed by atoms with van der Waals surface area (Å²) in [4.78, 5) is 34.5. The van der Waals surface area contributed by atoms with Crippen LogP contribution in [0.4, 0.5) is 0 Å². The highest BCUT2D eigenvalue weighted by molar-refractivity contribution is 5.94. The van der Waals surface area contributed by atoms with Gasteiger partial charge in [0.05, 0.1) is 23.7 Å². The van der Waals surface area contributed by atoms with E-state index >= 15 is 0 Å². The van der Waals surface area contributed by atoms with Gasteiger partial charge in [-0.1, -0.05) is 0 Å². The van der Waals surface area contributed by atoms with Crippen LogP contribution in [0, 0.1) is 12.8 Å². The zero-order valence-electron chi connectivity index (χ0n) is 12.7. The van der Waals surface area contributed by atoms with Gasteiger partial charge in [-0.2, -0.15) is 0 Å². The molecule has 1 N–H and O–H groups in total. The molecule has 2 aliphatic rings. The second-order valence-electron chi connectivity index (χ2n) is 6.22. The van der Waals surface area contributed by atoms with Crippen LogP contribution in [0.15, 0.2) is 35.2 Å². The number of carbonyl (C=O) groups is 2. The van der Waals surface area contributed by atoms with Crippen LogP contribution in [-0.2, 0) is 0 Å². The molecule has 7 nitrogen and oxygen atoms in total. The van der Waals surface area contributed by atoms with Crippen molar-refractivity contribution in [3.63, 3.8) is 0 Å². The zero-order chi connectivity index (χ0) is 16.0. The van der Waals surface area contributed by atoms with Crippen molar-refractivity contribution in [1.82, 2.24) is 20.2 Å². The van der Waals surface area contributed by atoms with Gasteiger partial charge < -0.3 is 14.6 Å². The molecule has 0 bridgehead atoms. The fourth-order valence-corrected chi connectivity index (χ4v) is 3.19. The average Bonchev–Trinajstić information content (AvgIpc) is 2.96. The molecule has 4 rings (SSSR count). The molecule has 1 aliphatic heterocycles. The summed E-state index contributed by atoms with van der Waals surface area (Å²) in [5.74, 6) is 0.249. The molecule has 23 heavy (non-hydrogen) atoms. The van der Waals surface area contributed by atoms with E-state index in [-0.39, 0.29) is 17.4 Å². The predicted molar refractivity (Wildman–Crippen MR) is 79.7 cm³/mol. The molecule has 1 aliphatic carbocycles. The van der Waals surface area contributed by atoms with E-state index < -0.39 is 0 Å². The van der Waals surface area contributed by atoms with Crippen LogP contribution in [-0.4, -0.2) is 45.3 Å². The number of aromatic nitrogens is 2. The number of rotatable bonds is 3. The minimum Gasteiger partial charge on any atom is -0.459 e. The topological polar surface area (TPSA) is 88.3 Å². The molecule has 0 radical (unpaired) electrons. The molecule has 2 atom stereocenters. The fourth-order valence-electron chi connectivity index (χ4n) is 3.19. The molecule has 0 aromatic carbocycles. The Hall–Kier alpha value is -2.70. The first-order valence-electron chi connectivity index (χ1n) is 7.51. The van der Waals surface area contributed by atoms with E-state index in [0.717, 1.165) is 12.1 Å².